The number of rotatable bonds is 15. The average molecular weight is 358 g/mol. The number of carbonyl (C=O) groups is 3. The standard InChI is InChI=1S/C19H34O6/c1-4-6-8-10-12-24-18(22)15(3)16(14-17(20)21)19(23)25-13-11-9-7-5-2/h15-16H,4-14H2,1-3H3,(H,20,21). The van der Waals surface area contributed by atoms with Gasteiger partial charge in [0.15, 0.2) is 0 Å². The van der Waals surface area contributed by atoms with Crippen LogP contribution in [0.25, 0.3) is 0 Å². The fraction of sp³-hybridized carbons (Fsp3) is 0.842. The minimum atomic E-state index is -1.13. The molecule has 0 aliphatic carbocycles. The maximum absolute atomic E-state index is 12.2. The van der Waals surface area contributed by atoms with Gasteiger partial charge in [-0.25, -0.2) is 0 Å². The number of hydrogen-bond acceptors (Lipinski definition) is 5. The Bertz CT molecular complexity index is 393. The van der Waals surface area contributed by atoms with Gasteiger partial charge in [-0.2, -0.15) is 0 Å². The molecule has 0 aromatic rings. The first-order valence-corrected chi connectivity index (χ1v) is 9.49. The number of hydrogen-bond donors (Lipinski definition) is 1. The smallest absolute Gasteiger partial charge is 0.310 e. The fourth-order valence-electron chi connectivity index (χ4n) is 2.46. The summed E-state index contributed by atoms with van der Waals surface area (Å²) in [6.07, 6.45) is 7.36. The predicted octanol–water partition coefficient (Wildman–Crippen LogP) is 3.96. The lowest BCUT2D eigenvalue weighted by atomic mass is 9.91. The van der Waals surface area contributed by atoms with Gasteiger partial charge in [0, 0.05) is 0 Å². The van der Waals surface area contributed by atoms with Crippen LogP contribution >= 0.6 is 0 Å². The van der Waals surface area contributed by atoms with E-state index in [0.29, 0.717) is 6.61 Å². The van der Waals surface area contributed by atoms with Gasteiger partial charge < -0.3 is 14.6 Å². The highest BCUT2D eigenvalue weighted by atomic mass is 16.5. The first-order chi connectivity index (χ1) is 11.9. The van der Waals surface area contributed by atoms with Crippen molar-refractivity contribution in [2.24, 2.45) is 11.8 Å². The van der Waals surface area contributed by atoms with E-state index in [1.54, 1.807) is 0 Å². The van der Waals surface area contributed by atoms with E-state index >= 15 is 0 Å². The van der Waals surface area contributed by atoms with Gasteiger partial charge in [-0.05, 0) is 12.8 Å². The third-order valence-corrected chi connectivity index (χ3v) is 4.16. The lowest BCUT2D eigenvalue weighted by Gasteiger charge is -2.20. The number of ether oxygens (including phenoxy) is 2. The quantitative estimate of drug-likeness (QED) is 0.352. The van der Waals surface area contributed by atoms with Crippen molar-refractivity contribution in [2.45, 2.75) is 78.6 Å². The summed E-state index contributed by atoms with van der Waals surface area (Å²) in [6.45, 7) is 6.27. The Morgan fingerprint density at radius 2 is 1.28 bits per heavy atom. The van der Waals surface area contributed by atoms with Crippen LogP contribution in [0.5, 0.6) is 0 Å². The Morgan fingerprint density at radius 3 is 1.72 bits per heavy atom. The monoisotopic (exact) mass is 358 g/mol. The zero-order valence-corrected chi connectivity index (χ0v) is 15.9. The average Bonchev–Trinajstić information content (AvgIpc) is 2.58. The maximum Gasteiger partial charge on any atom is 0.310 e. The van der Waals surface area contributed by atoms with Gasteiger partial charge in [0.2, 0.25) is 0 Å². The lowest BCUT2D eigenvalue weighted by Crippen LogP contribution is -2.32. The highest BCUT2D eigenvalue weighted by molar-refractivity contribution is 5.85. The molecule has 2 unspecified atom stereocenters. The van der Waals surface area contributed by atoms with E-state index in [9.17, 15) is 14.4 Å². The number of carboxylic acid groups (broad SMARTS) is 1. The molecule has 0 spiro atoms. The number of carboxylic acids is 1. The zero-order chi connectivity index (χ0) is 19.1. The summed E-state index contributed by atoms with van der Waals surface area (Å²) in [5, 5.41) is 9.02. The molecule has 0 heterocycles. The number of aliphatic carboxylic acids is 1. The molecule has 0 aromatic carbocycles. The van der Waals surface area contributed by atoms with Gasteiger partial charge in [0.1, 0.15) is 0 Å². The molecule has 0 aliphatic rings. The molecule has 6 nitrogen and oxygen atoms in total. The molecule has 146 valence electrons. The molecule has 0 amide bonds. The van der Waals surface area contributed by atoms with Crippen molar-refractivity contribution in [3.05, 3.63) is 0 Å². The molecule has 0 aromatic heterocycles. The molecule has 0 bridgehead atoms. The largest absolute Gasteiger partial charge is 0.481 e. The summed E-state index contributed by atoms with van der Waals surface area (Å²) in [4.78, 5) is 35.3. The van der Waals surface area contributed by atoms with E-state index in [-0.39, 0.29) is 6.61 Å². The molecule has 0 radical (unpaired) electrons. The topological polar surface area (TPSA) is 89.9 Å². The number of unbranched alkanes of at least 4 members (excludes halogenated alkanes) is 6. The number of esters is 2. The van der Waals surface area contributed by atoms with Gasteiger partial charge in [0.05, 0.1) is 31.5 Å². The maximum atomic E-state index is 12.2. The first kappa shape index (κ1) is 23.4. The van der Waals surface area contributed by atoms with Gasteiger partial charge in [-0.1, -0.05) is 59.3 Å². The van der Waals surface area contributed by atoms with Crippen molar-refractivity contribution in [1.82, 2.24) is 0 Å². The van der Waals surface area contributed by atoms with E-state index in [2.05, 4.69) is 13.8 Å². The Balaban J connectivity index is 4.43. The van der Waals surface area contributed by atoms with Crippen LogP contribution in [-0.2, 0) is 23.9 Å². The van der Waals surface area contributed by atoms with Crippen LogP contribution in [0.1, 0.15) is 78.6 Å². The van der Waals surface area contributed by atoms with Crippen molar-refractivity contribution >= 4 is 17.9 Å². The van der Waals surface area contributed by atoms with Crippen molar-refractivity contribution in [2.75, 3.05) is 13.2 Å². The summed E-state index contributed by atoms with van der Waals surface area (Å²) in [7, 11) is 0. The van der Waals surface area contributed by atoms with Gasteiger partial charge >= 0.3 is 17.9 Å². The third kappa shape index (κ3) is 11.6. The van der Waals surface area contributed by atoms with E-state index in [0.717, 1.165) is 51.4 Å². The summed E-state index contributed by atoms with van der Waals surface area (Å²) < 4.78 is 10.4. The zero-order valence-electron chi connectivity index (χ0n) is 15.9. The van der Waals surface area contributed by atoms with E-state index in [4.69, 9.17) is 14.6 Å². The van der Waals surface area contributed by atoms with Crippen molar-refractivity contribution < 1.29 is 29.0 Å². The van der Waals surface area contributed by atoms with E-state index in [1.165, 1.54) is 6.92 Å². The third-order valence-electron chi connectivity index (χ3n) is 4.16. The Kier molecular flexibility index (Phi) is 13.8. The minimum Gasteiger partial charge on any atom is -0.481 e. The molecule has 0 fully saturated rings. The van der Waals surface area contributed by atoms with Gasteiger partial charge in [-0.15, -0.1) is 0 Å². The second kappa shape index (κ2) is 14.7. The summed E-state index contributed by atoms with van der Waals surface area (Å²) >= 11 is 0. The molecule has 0 rings (SSSR count). The van der Waals surface area contributed by atoms with E-state index in [1.807, 2.05) is 0 Å². The molecule has 0 aliphatic heterocycles. The SMILES string of the molecule is CCCCCCOC(=O)C(C)C(CC(=O)O)C(=O)OCCCCCC. The number of carbonyl (C=O) groups excluding carboxylic acids is 2. The molecule has 2 atom stereocenters. The predicted molar refractivity (Wildman–Crippen MR) is 95.1 cm³/mol. The highest BCUT2D eigenvalue weighted by Crippen LogP contribution is 2.20. The Hall–Kier alpha value is -1.59. The summed E-state index contributed by atoms with van der Waals surface area (Å²) in [5.74, 6) is -4.13. The van der Waals surface area contributed by atoms with Crippen LogP contribution in [0.3, 0.4) is 0 Å². The second-order valence-electron chi connectivity index (χ2n) is 6.45. The van der Waals surface area contributed by atoms with Crippen LogP contribution in [0, 0.1) is 11.8 Å². The molecular weight excluding hydrogens is 324 g/mol. The van der Waals surface area contributed by atoms with Crippen LogP contribution in [0.15, 0.2) is 0 Å². The summed E-state index contributed by atoms with van der Waals surface area (Å²) in [6, 6.07) is 0. The Labute approximate surface area is 151 Å². The van der Waals surface area contributed by atoms with Gasteiger partial charge in [0.25, 0.3) is 0 Å². The first-order valence-electron chi connectivity index (χ1n) is 9.49. The molecular formula is C19H34O6. The van der Waals surface area contributed by atoms with Crippen molar-refractivity contribution in [1.29, 1.82) is 0 Å². The molecule has 6 heteroatoms. The van der Waals surface area contributed by atoms with Gasteiger partial charge in [-0.3, -0.25) is 14.4 Å². The summed E-state index contributed by atoms with van der Waals surface area (Å²) in [5.41, 5.74) is 0. The normalized spacial score (nSPS) is 13.1. The Morgan fingerprint density at radius 1 is 0.800 bits per heavy atom. The van der Waals surface area contributed by atoms with Crippen LogP contribution < -0.4 is 0 Å². The van der Waals surface area contributed by atoms with Crippen molar-refractivity contribution in [3.63, 3.8) is 0 Å². The molecule has 0 saturated heterocycles. The van der Waals surface area contributed by atoms with Crippen LogP contribution in [-0.4, -0.2) is 36.2 Å². The fourth-order valence-corrected chi connectivity index (χ4v) is 2.46. The second-order valence-corrected chi connectivity index (χ2v) is 6.45. The highest BCUT2D eigenvalue weighted by Gasteiger charge is 2.34. The van der Waals surface area contributed by atoms with Crippen LogP contribution in [0.4, 0.5) is 0 Å². The van der Waals surface area contributed by atoms with E-state index < -0.39 is 36.2 Å². The van der Waals surface area contributed by atoms with Crippen LogP contribution in [0.2, 0.25) is 0 Å². The lowest BCUT2D eigenvalue weighted by molar-refractivity contribution is -0.162. The minimum absolute atomic E-state index is 0.258. The molecule has 0 saturated carbocycles. The van der Waals surface area contributed by atoms with Crippen molar-refractivity contribution in [3.8, 4) is 0 Å². The molecule has 1 N–H and O–H groups in total. The molecule has 25 heavy (non-hydrogen) atoms.